The van der Waals surface area contributed by atoms with Crippen LogP contribution in [0.15, 0.2) is 36.9 Å². The smallest absolute Gasteiger partial charge is 0.407 e. The maximum atomic E-state index is 14.2. The molecule has 0 spiro atoms. The van der Waals surface area contributed by atoms with Gasteiger partial charge in [-0.25, -0.2) is 9.59 Å². The van der Waals surface area contributed by atoms with Crippen LogP contribution in [0.2, 0.25) is 0 Å². The SMILES string of the molecule is C=C[C@@H]1CC(=O)[C@]1(C)NC(=O)[C@@H]1C[C@@H]2CN1C(=O)[C@H](C(C)(C)C)NC(=O)OCCCCCCc1cccc3[nH]c(cc13)C(=O)O2. The number of nitrogens with one attached hydrogen (secondary N) is 3. The van der Waals surface area contributed by atoms with Gasteiger partial charge < -0.3 is 30.0 Å². The molecule has 11 nitrogen and oxygen atoms in total. The standard InChI is InChI=1S/C34H44N4O7/c1-6-21-16-27(39)34(21,5)37-29(40)26-17-22-19-38(26)30(41)28(33(2,3)4)36-32(43)44-15-10-8-7-9-12-20-13-11-14-24-23(20)18-25(35-24)31(42)45-22/h6,11,13-14,18,21-22,26,28,35H,1,7-10,12,15-17,19H2,2-5H3,(H,36,43)(H,37,40)/t21-,22-,26+,28-,34-/m1/s1. The summed E-state index contributed by atoms with van der Waals surface area (Å²) >= 11 is 0. The number of rotatable bonds is 3. The van der Waals surface area contributed by atoms with Crippen molar-refractivity contribution in [3.63, 3.8) is 0 Å². The Morgan fingerprint density at radius 1 is 1.13 bits per heavy atom. The van der Waals surface area contributed by atoms with Gasteiger partial charge in [-0.3, -0.25) is 14.4 Å². The van der Waals surface area contributed by atoms with Crippen molar-refractivity contribution >= 4 is 40.6 Å². The molecule has 0 unspecified atom stereocenters. The van der Waals surface area contributed by atoms with Gasteiger partial charge in [0.25, 0.3) is 0 Å². The van der Waals surface area contributed by atoms with Gasteiger partial charge in [-0.15, -0.1) is 6.58 Å². The van der Waals surface area contributed by atoms with E-state index in [4.69, 9.17) is 9.47 Å². The van der Waals surface area contributed by atoms with Crippen LogP contribution < -0.4 is 10.6 Å². The van der Waals surface area contributed by atoms with E-state index in [1.165, 1.54) is 4.90 Å². The number of ketones is 1. The number of carbonyl (C=O) groups excluding carboxylic acids is 5. The Balaban J connectivity index is 1.46. The monoisotopic (exact) mass is 620 g/mol. The van der Waals surface area contributed by atoms with Crippen LogP contribution in [0.25, 0.3) is 10.9 Å². The average molecular weight is 621 g/mol. The van der Waals surface area contributed by atoms with Gasteiger partial charge in [0.15, 0.2) is 5.78 Å². The fourth-order valence-electron chi connectivity index (χ4n) is 6.56. The van der Waals surface area contributed by atoms with Crippen molar-refractivity contribution in [2.75, 3.05) is 13.2 Å². The van der Waals surface area contributed by atoms with Crippen LogP contribution in [0.4, 0.5) is 4.79 Å². The fourth-order valence-corrected chi connectivity index (χ4v) is 6.56. The van der Waals surface area contributed by atoms with Crippen molar-refractivity contribution in [3.05, 3.63) is 48.2 Å². The highest BCUT2D eigenvalue weighted by Gasteiger charge is 2.53. The van der Waals surface area contributed by atoms with Crippen molar-refractivity contribution in [3.8, 4) is 0 Å². The highest BCUT2D eigenvalue weighted by Crippen LogP contribution is 2.36. The number of cyclic esters (lactones) is 1. The van der Waals surface area contributed by atoms with Gasteiger partial charge in [0.1, 0.15) is 29.4 Å². The zero-order chi connectivity index (χ0) is 32.5. The first-order valence-electron chi connectivity index (χ1n) is 15.8. The largest absolute Gasteiger partial charge is 0.456 e. The number of aromatic nitrogens is 1. The lowest BCUT2D eigenvalue weighted by molar-refractivity contribution is -0.146. The molecule has 3 heterocycles. The summed E-state index contributed by atoms with van der Waals surface area (Å²) in [4.78, 5) is 71.3. The van der Waals surface area contributed by atoms with Crippen molar-refractivity contribution in [2.45, 2.75) is 96.4 Å². The molecule has 1 aromatic heterocycles. The second-order valence-electron chi connectivity index (χ2n) is 13.7. The summed E-state index contributed by atoms with van der Waals surface area (Å²) in [5.74, 6) is -2.00. The number of aromatic amines is 1. The van der Waals surface area contributed by atoms with E-state index in [1.807, 2.05) is 39.0 Å². The molecular weight excluding hydrogens is 576 g/mol. The molecule has 1 aliphatic carbocycles. The highest BCUT2D eigenvalue weighted by atomic mass is 16.6. The minimum absolute atomic E-state index is 0.0269. The molecule has 1 saturated heterocycles. The fraction of sp³-hybridized carbons (Fsp3) is 0.559. The number of fused-ring (bicyclic) bond motifs is 3. The first-order valence-corrected chi connectivity index (χ1v) is 15.8. The number of hydrogen-bond donors (Lipinski definition) is 3. The van der Waals surface area contributed by atoms with E-state index >= 15 is 0 Å². The normalized spacial score (nSPS) is 28.6. The molecule has 2 fully saturated rings. The molecule has 1 saturated carbocycles. The Morgan fingerprint density at radius 2 is 1.89 bits per heavy atom. The van der Waals surface area contributed by atoms with Crippen LogP contribution >= 0.6 is 0 Å². The van der Waals surface area contributed by atoms with Gasteiger partial charge in [0.2, 0.25) is 11.8 Å². The number of Topliss-reactive ketones (excluding diaryl/α,β-unsaturated/α-hetero) is 1. The molecule has 5 atom stereocenters. The molecule has 45 heavy (non-hydrogen) atoms. The number of ether oxygens (including phenoxy) is 2. The van der Waals surface area contributed by atoms with Gasteiger partial charge in [-0.05, 0) is 49.3 Å². The lowest BCUT2D eigenvalue weighted by Crippen LogP contribution is -2.67. The number of aryl methyl sites for hydroxylation is 1. The van der Waals surface area contributed by atoms with Gasteiger partial charge in [-0.2, -0.15) is 0 Å². The summed E-state index contributed by atoms with van der Waals surface area (Å²) in [6.07, 6.45) is 4.71. The quantitative estimate of drug-likeness (QED) is 0.344. The Kier molecular flexibility index (Phi) is 9.09. The number of nitrogens with zero attached hydrogens (tertiary/aromatic N) is 1. The van der Waals surface area contributed by atoms with Crippen molar-refractivity contribution in [2.24, 2.45) is 11.3 Å². The van der Waals surface area contributed by atoms with Crippen molar-refractivity contribution < 1.29 is 33.4 Å². The topological polar surface area (TPSA) is 147 Å². The highest BCUT2D eigenvalue weighted by molar-refractivity contribution is 6.01. The van der Waals surface area contributed by atoms with Crippen LogP contribution in [0.5, 0.6) is 0 Å². The van der Waals surface area contributed by atoms with E-state index in [-0.39, 0.29) is 43.4 Å². The van der Waals surface area contributed by atoms with Crippen LogP contribution in [-0.2, 0) is 30.3 Å². The molecule has 2 aliphatic heterocycles. The zero-order valence-electron chi connectivity index (χ0n) is 26.6. The summed E-state index contributed by atoms with van der Waals surface area (Å²) in [5.41, 5.74) is 0.351. The molecule has 4 bridgehead atoms. The lowest BCUT2D eigenvalue weighted by Gasteiger charge is -2.45. The molecule has 3 aliphatic rings. The third kappa shape index (κ3) is 6.62. The second-order valence-corrected chi connectivity index (χ2v) is 13.7. The predicted octanol–water partition coefficient (Wildman–Crippen LogP) is 4.20. The van der Waals surface area contributed by atoms with E-state index in [9.17, 15) is 24.0 Å². The predicted molar refractivity (Wildman–Crippen MR) is 167 cm³/mol. The molecule has 3 amide bonds. The van der Waals surface area contributed by atoms with E-state index in [1.54, 1.807) is 19.1 Å². The number of carbonyl (C=O) groups is 5. The molecular formula is C34H44N4O7. The number of esters is 1. The van der Waals surface area contributed by atoms with E-state index in [0.29, 0.717) is 6.42 Å². The van der Waals surface area contributed by atoms with Crippen molar-refractivity contribution in [1.29, 1.82) is 0 Å². The summed E-state index contributed by atoms with van der Waals surface area (Å²) < 4.78 is 11.3. The first kappa shape index (κ1) is 32.2. The van der Waals surface area contributed by atoms with Crippen molar-refractivity contribution in [1.82, 2.24) is 20.5 Å². The number of hydrogen-bond acceptors (Lipinski definition) is 7. The van der Waals surface area contributed by atoms with Crippen LogP contribution in [-0.4, -0.2) is 76.4 Å². The summed E-state index contributed by atoms with van der Waals surface area (Å²) in [6, 6.07) is 5.63. The second kappa shape index (κ2) is 12.7. The molecule has 242 valence electrons. The van der Waals surface area contributed by atoms with Crippen LogP contribution in [0.1, 0.15) is 82.3 Å². The van der Waals surface area contributed by atoms with E-state index in [2.05, 4.69) is 22.2 Å². The Morgan fingerprint density at radius 3 is 2.60 bits per heavy atom. The number of benzene rings is 1. The Labute approximate surface area is 263 Å². The van der Waals surface area contributed by atoms with Gasteiger partial charge in [-0.1, -0.05) is 51.8 Å². The Hall–Kier alpha value is -4.15. The summed E-state index contributed by atoms with van der Waals surface area (Å²) in [5, 5.41) is 6.52. The van der Waals surface area contributed by atoms with Crippen LogP contribution in [0.3, 0.4) is 0 Å². The molecule has 11 heteroatoms. The summed E-state index contributed by atoms with van der Waals surface area (Å²) in [6.45, 7) is 11.0. The first-order chi connectivity index (χ1) is 21.3. The van der Waals surface area contributed by atoms with Gasteiger partial charge in [0.05, 0.1) is 13.2 Å². The van der Waals surface area contributed by atoms with Gasteiger partial charge in [0, 0.05) is 29.7 Å². The minimum atomic E-state index is -1.14. The summed E-state index contributed by atoms with van der Waals surface area (Å²) in [7, 11) is 0. The zero-order valence-corrected chi connectivity index (χ0v) is 26.6. The van der Waals surface area contributed by atoms with Crippen LogP contribution in [0, 0.1) is 11.3 Å². The molecule has 2 aromatic rings. The minimum Gasteiger partial charge on any atom is -0.456 e. The molecule has 5 rings (SSSR count). The van der Waals surface area contributed by atoms with E-state index < -0.39 is 53.0 Å². The average Bonchev–Trinajstić information content (AvgIpc) is 3.62. The number of alkyl carbamates (subject to hydrolysis) is 1. The molecule has 3 N–H and O–H groups in total. The van der Waals surface area contributed by atoms with Gasteiger partial charge >= 0.3 is 12.1 Å². The number of H-pyrrole nitrogens is 1. The molecule has 0 radical (unpaired) electrons. The third-order valence-corrected chi connectivity index (χ3v) is 9.44. The third-order valence-electron chi connectivity index (χ3n) is 9.44. The Bertz CT molecular complexity index is 1510. The maximum absolute atomic E-state index is 14.2. The number of amides is 3. The van der Waals surface area contributed by atoms with E-state index in [0.717, 1.165) is 42.1 Å². The lowest BCUT2D eigenvalue weighted by atomic mass is 9.66. The maximum Gasteiger partial charge on any atom is 0.407 e. The molecule has 1 aromatic carbocycles.